The maximum Gasteiger partial charge on any atom is 0.420 e. The fourth-order valence-electron chi connectivity index (χ4n) is 3.46. The number of carbonyl (C=O) groups is 1. The predicted octanol–water partition coefficient (Wildman–Crippen LogP) is 0.251. The van der Waals surface area contributed by atoms with Crippen LogP contribution in [0.25, 0.3) is 11.1 Å². The van der Waals surface area contributed by atoms with Crippen LogP contribution in [0, 0.1) is 0 Å². The van der Waals surface area contributed by atoms with Gasteiger partial charge >= 0.3 is 5.76 Å². The molecule has 29 heavy (non-hydrogen) atoms. The van der Waals surface area contributed by atoms with Crippen LogP contribution in [-0.2, 0) is 28.4 Å². The Bertz CT molecular complexity index is 1210. The topological polar surface area (TPSA) is 111 Å². The molecule has 0 radical (unpaired) electrons. The lowest BCUT2D eigenvalue weighted by Gasteiger charge is -2.21. The number of hydrogen-bond donors (Lipinski definition) is 0. The predicted molar refractivity (Wildman–Crippen MR) is 104 cm³/mol. The molecule has 4 rings (SSSR count). The van der Waals surface area contributed by atoms with Crippen LogP contribution >= 0.6 is 0 Å². The van der Waals surface area contributed by atoms with Crippen LogP contribution in [0.4, 0.5) is 0 Å². The second-order valence-electron chi connectivity index (χ2n) is 6.91. The molecule has 154 valence electrons. The van der Waals surface area contributed by atoms with E-state index in [1.807, 2.05) is 0 Å². The molecule has 0 aliphatic carbocycles. The Morgan fingerprint density at radius 1 is 1.17 bits per heavy atom. The fourth-order valence-corrected chi connectivity index (χ4v) is 4.92. The monoisotopic (exact) mass is 419 g/mol. The Morgan fingerprint density at radius 2 is 1.97 bits per heavy atom. The molecule has 11 heteroatoms. The average Bonchev–Trinajstić information content (AvgIpc) is 3.15. The van der Waals surface area contributed by atoms with Gasteiger partial charge in [-0.3, -0.25) is 14.0 Å². The SMILES string of the molecule is Cn1cc(S(=O)(=O)N2CCCN(C(=O)Cn3c(=O)oc4ccccc43)CC2)cn1. The van der Waals surface area contributed by atoms with E-state index in [0.717, 1.165) is 0 Å². The maximum absolute atomic E-state index is 12.8. The van der Waals surface area contributed by atoms with Crippen LogP contribution < -0.4 is 5.76 Å². The molecular formula is C18H21N5O5S. The number of hydrogen-bond acceptors (Lipinski definition) is 6. The second kappa shape index (κ2) is 7.48. The Morgan fingerprint density at radius 3 is 2.72 bits per heavy atom. The van der Waals surface area contributed by atoms with Crippen molar-refractivity contribution in [1.29, 1.82) is 0 Å². The van der Waals surface area contributed by atoms with Gasteiger partial charge < -0.3 is 9.32 Å². The number of sulfonamides is 1. The van der Waals surface area contributed by atoms with E-state index in [9.17, 15) is 18.0 Å². The summed E-state index contributed by atoms with van der Waals surface area (Å²) in [4.78, 5) is 26.6. The normalized spacial score (nSPS) is 16.2. The molecule has 0 unspecified atom stereocenters. The van der Waals surface area contributed by atoms with Gasteiger partial charge in [0.25, 0.3) is 0 Å². The molecule has 0 atom stereocenters. The van der Waals surface area contributed by atoms with E-state index in [2.05, 4.69) is 5.10 Å². The van der Waals surface area contributed by atoms with Gasteiger partial charge in [-0.15, -0.1) is 0 Å². The van der Waals surface area contributed by atoms with Crippen LogP contribution in [-0.4, -0.2) is 64.1 Å². The van der Waals surface area contributed by atoms with E-state index in [-0.39, 0.29) is 30.4 Å². The number of benzene rings is 1. The number of carbonyl (C=O) groups excluding carboxylic acids is 1. The van der Waals surface area contributed by atoms with Gasteiger partial charge in [-0.2, -0.15) is 9.40 Å². The summed E-state index contributed by atoms with van der Waals surface area (Å²) in [5, 5.41) is 3.92. The lowest BCUT2D eigenvalue weighted by atomic mass is 10.3. The molecule has 2 aromatic heterocycles. The van der Waals surface area contributed by atoms with Gasteiger partial charge in [-0.1, -0.05) is 12.1 Å². The summed E-state index contributed by atoms with van der Waals surface area (Å²) in [6.07, 6.45) is 3.28. The van der Waals surface area contributed by atoms with E-state index in [1.54, 1.807) is 36.2 Å². The molecule has 0 saturated carbocycles. The molecule has 0 N–H and O–H groups in total. The van der Waals surface area contributed by atoms with Crippen LogP contribution in [0.3, 0.4) is 0 Å². The number of oxazole rings is 1. The van der Waals surface area contributed by atoms with Gasteiger partial charge in [0, 0.05) is 39.4 Å². The van der Waals surface area contributed by atoms with Crippen LogP contribution in [0.15, 0.2) is 50.8 Å². The maximum atomic E-state index is 12.8. The van der Waals surface area contributed by atoms with Crippen molar-refractivity contribution in [1.82, 2.24) is 23.6 Å². The number of nitrogens with zero attached hydrogens (tertiary/aromatic N) is 5. The summed E-state index contributed by atoms with van der Waals surface area (Å²) in [7, 11) is -2.00. The molecule has 0 spiro atoms. The highest BCUT2D eigenvalue weighted by Gasteiger charge is 2.29. The molecule has 1 aromatic carbocycles. The first-order chi connectivity index (χ1) is 13.9. The smallest absolute Gasteiger partial charge is 0.408 e. The zero-order chi connectivity index (χ0) is 20.6. The first-order valence-electron chi connectivity index (χ1n) is 9.21. The van der Waals surface area contributed by atoms with Crippen LogP contribution in [0.2, 0.25) is 0 Å². The summed E-state index contributed by atoms with van der Waals surface area (Å²) in [6.45, 7) is 1.02. The Labute approximate surface area is 167 Å². The van der Waals surface area contributed by atoms with Gasteiger partial charge in [0.15, 0.2) is 5.58 Å². The average molecular weight is 419 g/mol. The standard InChI is InChI=1S/C18H21N5O5S/c1-20-12-14(11-19-20)29(26,27)22-8-4-7-21(9-10-22)17(24)13-23-15-5-2-3-6-16(15)28-18(23)25/h2-3,5-6,11-12H,4,7-10,13H2,1H3. The van der Waals surface area contributed by atoms with Crippen molar-refractivity contribution in [2.75, 3.05) is 26.2 Å². The first-order valence-corrected chi connectivity index (χ1v) is 10.7. The molecule has 1 amide bonds. The highest BCUT2D eigenvalue weighted by Crippen LogP contribution is 2.17. The number of amides is 1. The van der Waals surface area contributed by atoms with Crippen molar-refractivity contribution in [2.45, 2.75) is 17.9 Å². The highest BCUT2D eigenvalue weighted by atomic mass is 32.2. The third-order valence-corrected chi connectivity index (χ3v) is 6.85. The van der Waals surface area contributed by atoms with Gasteiger partial charge in [-0.25, -0.2) is 13.2 Å². The largest absolute Gasteiger partial charge is 0.420 e. The third-order valence-electron chi connectivity index (χ3n) is 4.99. The van der Waals surface area contributed by atoms with Crippen molar-refractivity contribution in [2.24, 2.45) is 7.05 Å². The van der Waals surface area contributed by atoms with E-state index in [4.69, 9.17) is 4.42 Å². The number of aromatic nitrogens is 3. The Kier molecular flexibility index (Phi) is 5.01. The molecular weight excluding hydrogens is 398 g/mol. The molecule has 1 fully saturated rings. The van der Waals surface area contributed by atoms with Crippen molar-refractivity contribution in [3.8, 4) is 0 Å². The number of para-hydroxylation sites is 2. The van der Waals surface area contributed by atoms with E-state index >= 15 is 0 Å². The zero-order valence-corrected chi connectivity index (χ0v) is 16.7. The molecule has 1 aliphatic heterocycles. The van der Waals surface area contributed by atoms with Gasteiger partial charge in [0.1, 0.15) is 11.4 Å². The minimum absolute atomic E-state index is 0.135. The third kappa shape index (κ3) is 3.70. The van der Waals surface area contributed by atoms with Crippen molar-refractivity contribution in [3.63, 3.8) is 0 Å². The Hall–Kier alpha value is -2.92. The molecule has 10 nitrogen and oxygen atoms in total. The van der Waals surface area contributed by atoms with Crippen molar-refractivity contribution >= 4 is 27.0 Å². The second-order valence-corrected chi connectivity index (χ2v) is 8.85. The molecule has 1 saturated heterocycles. The van der Waals surface area contributed by atoms with E-state index in [1.165, 1.54) is 25.9 Å². The zero-order valence-electron chi connectivity index (χ0n) is 15.9. The quantitative estimate of drug-likeness (QED) is 0.600. The minimum atomic E-state index is -3.66. The summed E-state index contributed by atoms with van der Waals surface area (Å²) in [5.74, 6) is -0.838. The minimum Gasteiger partial charge on any atom is -0.408 e. The summed E-state index contributed by atoms with van der Waals surface area (Å²) >= 11 is 0. The number of aryl methyl sites for hydroxylation is 1. The first kappa shape index (κ1) is 19.4. The highest BCUT2D eigenvalue weighted by molar-refractivity contribution is 7.89. The molecule has 0 bridgehead atoms. The summed E-state index contributed by atoms with van der Waals surface area (Å²) in [6, 6.07) is 6.91. The molecule has 3 aromatic rings. The summed E-state index contributed by atoms with van der Waals surface area (Å²) < 4.78 is 34.9. The van der Waals surface area contributed by atoms with Gasteiger partial charge in [0.2, 0.25) is 15.9 Å². The fraction of sp³-hybridized carbons (Fsp3) is 0.389. The molecule has 3 heterocycles. The lowest BCUT2D eigenvalue weighted by Crippen LogP contribution is -2.39. The number of fused-ring (bicyclic) bond motifs is 1. The van der Waals surface area contributed by atoms with E-state index in [0.29, 0.717) is 30.6 Å². The van der Waals surface area contributed by atoms with Gasteiger partial charge in [0.05, 0.1) is 11.7 Å². The van der Waals surface area contributed by atoms with Gasteiger partial charge in [-0.05, 0) is 18.6 Å². The van der Waals surface area contributed by atoms with Crippen molar-refractivity contribution < 1.29 is 17.6 Å². The Balaban J connectivity index is 1.47. The van der Waals surface area contributed by atoms with Crippen molar-refractivity contribution in [3.05, 3.63) is 47.2 Å². The number of rotatable bonds is 4. The van der Waals surface area contributed by atoms with E-state index < -0.39 is 15.8 Å². The molecule has 1 aliphatic rings. The van der Waals surface area contributed by atoms with Crippen LogP contribution in [0.1, 0.15) is 6.42 Å². The lowest BCUT2D eigenvalue weighted by molar-refractivity contribution is -0.131. The summed E-state index contributed by atoms with van der Waals surface area (Å²) in [5.41, 5.74) is 0.983. The van der Waals surface area contributed by atoms with Crippen LogP contribution in [0.5, 0.6) is 0 Å².